The van der Waals surface area contributed by atoms with E-state index in [2.05, 4.69) is 25.5 Å². The zero-order valence-corrected chi connectivity index (χ0v) is 15.7. The number of benzene rings is 1. The molecule has 2 aromatic rings. The van der Waals surface area contributed by atoms with Crippen LogP contribution in [0.1, 0.15) is 23.6 Å². The number of hydrogen-bond acceptors (Lipinski definition) is 4. The van der Waals surface area contributed by atoms with E-state index in [1.807, 2.05) is 6.92 Å². The van der Waals surface area contributed by atoms with E-state index in [1.165, 1.54) is 6.07 Å². The Labute approximate surface area is 164 Å². The molecule has 1 aliphatic heterocycles. The van der Waals surface area contributed by atoms with Gasteiger partial charge in [-0.05, 0) is 31.0 Å². The van der Waals surface area contributed by atoms with E-state index < -0.39 is 25.0 Å². The van der Waals surface area contributed by atoms with Crippen molar-refractivity contribution in [3.05, 3.63) is 41.5 Å². The zero-order valence-electron chi connectivity index (χ0n) is 15.7. The van der Waals surface area contributed by atoms with Gasteiger partial charge in [-0.1, -0.05) is 12.1 Å². The fourth-order valence-corrected chi connectivity index (χ4v) is 3.01. The summed E-state index contributed by atoms with van der Waals surface area (Å²) in [5.41, 5.74) is 0.894. The number of amides is 2. The van der Waals surface area contributed by atoms with Crippen molar-refractivity contribution in [2.75, 3.05) is 11.9 Å². The summed E-state index contributed by atoms with van der Waals surface area (Å²) in [5, 5.41) is 9.81. The fraction of sp³-hybridized carbons (Fsp3) is 0.500. The average Bonchev–Trinajstić information content (AvgIpc) is 3.01. The van der Waals surface area contributed by atoms with Gasteiger partial charge in [-0.2, -0.15) is 13.9 Å². The number of rotatable bonds is 7. The average molecular weight is 415 g/mol. The molecule has 0 aliphatic carbocycles. The second kappa shape index (κ2) is 8.76. The second-order valence-electron chi connectivity index (χ2n) is 6.85. The molecule has 7 nitrogen and oxygen atoms in total. The quantitative estimate of drug-likeness (QED) is 0.681. The van der Waals surface area contributed by atoms with Crippen molar-refractivity contribution in [2.24, 2.45) is 0 Å². The van der Waals surface area contributed by atoms with Crippen LogP contribution in [0.15, 0.2) is 24.3 Å². The number of carbonyl (C=O) groups is 1. The first-order chi connectivity index (χ1) is 13.7. The molecule has 1 aliphatic rings. The van der Waals surface area contributed by atoms with Crippen molar-refractivity contribution in [3.63, 3.8) is 0 Å². The highest BCUT2D eigenvalue weighted by Gasteiger charge is 2.40. The van der Waals surface area contributed by atoms with Crippen LogP contribution in [0.25, 0.3) is 0 Å². The second-order valence-corrected chi connectivity index (χ2v) is 6.85. The number of urea groups is 1. The van der Waals surface area contributed by atoms with Gasteiger partial charge >= 0.3 is 18.4 Å². The molecule has 1 atom stereocenters. The predicted octanol–water partition coefficient (Wildman–Crippen LogP) is 3.14. The summed E-state index contributed by atoms with van der Waals surface area (Å²) >= 11 is 0. The van der Waals surface area contributed by atoms with E-state index in [9.17, 15) is 22.4 Å². The highest BCUT2D eigenvalue weighted by molar-refractivity contribution is 5.89. The summed E-state index contributed by atoms with van der Waals surface area (Å²) in [6.45, 7) is 0.673. The number of anilines is 1. The summed E-state index contributed by atoms with van der Waals surface area (Å²) < 4.78 is 56.5. The van der Waals surface area contributed by atoms with Crippen LogP contribution in [0, 0.1) is 6.92 Å². The SMILES string of the molecule is Cc1nc2n(n1)CC(NC(=O)Nc1cccc(COCC(F)(F)C(F)F)c1)CC2. The normalized spacial score (nSPS) is 16.6. The summed E-state index contributed by atoms with van der Waals surface area (Å²) in [4.78, 5) is 16.6. The van der Waals surface area contributed by atoms with Gasteiger partial charge in [0.2, 0.25) is 0 Å². The van der Waals surface area contributed by atoms with Crippen molar-refractivity contribution < 1.29 is 27.1 Å². The Hall–Kier alpha value is -2.69. The number of fused-ring (bicyclic) bond motifs is 1. The number of aromatic nitrogens is 3. The number of hydrogen-bond donors (Lipinski definition) is 2. The molecule has 1 aromatic carbocycles. The molecule has 0 radical (unpaired) electrons. The van der Waals surface area contributed by atoms with Gasteiger partial charge in [0.05, 0.1) is 19.2 Å². The van der Waals surface area contributed by atoms with Gasteiger partial charge in [-0.3, -0.25) is 0 Å². The Morgan fingerprint density at radius 1 is 1.41 bits per heavy atom. The number of nitrogens with zero attached hydrogens (tertiary/aromatic N) is 3. The maximum atomic E-state index is 12.9. The first-order valence-corrected chi connectivity index (χ1v) is 9.03. The highest BCUT2D eigenvalue weighted by atomic mass is 19.3. The highest BCUT2D eigenvalue weighted by Crippen LogP contribution is 2.23. The Morgan fingerprint density at radius 3 is 2.97 bits per heavy atom. The monoisotopic (exact) mass is 415 g/mol. The van der Waals surface area contributed by atoms with E-state index in [1.54, 1.807) is 22.9 Å². The zero-order chi connectivity index (χ0) is 21.0. The maximum Gasteiger partial charge on any atom is 0.330 e. The number of alkyl halides is 4. The van der Waals surface area contributed by atoms with Crippen molar-refractivity contribution in [1.29, 1.82) is 0 Å². The molecule has 2 heterocycles. The molecule has 158 valence electrons. The van der Waals surface area contributed by atoms with Crippen molar-refractivity contribution in [2.45, 2.75) is 51.3 Å². The van der Waals surface area contributed by atoms with Gasteiger partial charge in [0.15, 0.2) is 0 Å². The fourth-order valence-electron chi connectivity index (χ4n) is 3.01. The third-order valence-electron chi connectivity index (χ3n) is 4.37. The van der Waals surface area contributed by atoms with Crippen LogP contribution in [0.5, 0.6) is 0 Å². The maximum absolute atomic E-state index is 12.9. The predicted molar refractivity (Wildman–Crippen MR) is 96.1 cm³/mol. The molecule has 2 amide bonds. The Balaban J connectivity index is 1.49. The summed E-state index contributed by atoms with van der Waals surface area (Å²) in [6, 6.07) is 5.81. The number of halogens is 4. The van der Waals surface area contributed by atoms with Crippen molar-refractivity contribution >= 4 is 11.7 Å². The van der Waals surface area contributed by atoms with Crippen molar-refractivity contribution in [3.8, 4) is 0 Å². The molecular weight excluding hydrogens is 394 g/mol. The van der Waals surface area contributed by atoms with Crippen LogP contribution in [-0.2, 0) is 24.3 Å². The van der Waals surface area contributed by atoms with Gasteiger partial charge in [-0.15, -0.1) is 0 Å². The summed E-state index contributed by atoms with van der Waals surface area (Å²) in [7, 11) is 0. The van der Waals surface area contributed by atoms with E-state index in [0.717, 1.165) is 12.2 Å². The van der Waals surface area contributed by atoms with E-state index >= 15 is 0 Å². The van der Waals surface area contributed by atoms with Crippen LogP contribution >= 0.6 is 0 Å². The lowest BCUT2D eigenvalue weighted by Gasteiger charge is -2.23. The molecule has 1 aromatic heterocycles. The summed E-state index contributed by atoms with van der Waals surface area (Å²) in [5.74, 6) is -2.61. The van der Waals surface area contributed by atoms with Crippen molar-refractivity contribution in [1.82, 2.24) is 20.1 Å². The van der Waals surface area contributed by atoms with Crippen LogP contribution in [0.2, 0.25) is 0 Å². The van der Waals surface area contributed by atoms with Gasteiger partial charge < -0.3 is 15.4 Å². The molecule has 2 N–H and O–H groups in total. The Morgan fingerprint density at radius 2 is 2.21 bits per heavy atom. The van der Waals surface area contributed by atoms with Gasteiger partial charge in [0, 0.05) is 12.1 Å². The molecule has 3 rings (SSSR count). The molecule has 1 unspecified atom stereocenters. The number of nitrogens with one attached hydrogen (secondary N) is 2. The largest absolute Gasteiger partial charge is 0.370 e. The molecule has 29 heavy (non-hydrogen) atoms. The Bertz CT molecular complexity index is 859. The smallest absolute Gasteiger partial charge is 0.330 e. The number of carbonyl (C=O) groups excluding carboxylic acids is 1. The summed E-state index contributed by atoms with van der Waals surface area (Å²) in [6.07, 6.45) is -2.34. The van der Waals surface area contributed by atoms with Crippen LogP contribution in [0.4, 0.5) is 28.0 Å². The lowest BCUT2D eigenvalue weighted by atomic mass is 10.1. The number of aryl methyl sites for hydroxylation is 2. The molecule has 0 bridgehead atoms. The molecule has 0 fully saturated rings. The third-order valence-corrected chi connectivity index (χ3v) is 4.37. The molecule has 0 spiro atoms. The third kappa shape index (κ3) is 5.66. The minimum Gasteiger partial charge on any atom is -0.370 e. The standard InChI is InChI=1S/C18H21F4N5O2/c1-11-23-15-6-5-14(8-27(15)26-11)25-17(28)24-13-4-2-3-12(7-13)9-29-10-18(21,22)16(19)20/h2-4,7,14,16H,5-6,8-10H2,1H3,(H2,24,25,28). The van der Waals surface area contributed by atoms with E-state index in [-0.39, 0.29) is 12.6 Å². The topological polar surface area (TPSA) is 81.1 Å². The molecular formula is C18H21F4N5O2. The molecule has 0 saturated carbocycles. The van der Waals surface area contributed by atoms with Crippen LogP contribution in [-0.4, -0.2) is 45.8 Å². The van der Waals surface area contributed by atoms with Crippen LogP contribution in [0.3, 0.4) is 0 Å². The lowest BCUT2D eigenvalue weighted by Crippen LogP contribution is -2.43. The van der Waals surface area contributed by atoms with Gasteiger partial charge in [0.25, 0.3) is 0 Å². The number of ether oxygens (including phenoxy) is 1. The Kier molecular flexibility index (Phi) is 6.36. The van der Waals surface area contributed by atoms with E-state index in [0.29, 0.717) is 30.0 Å². The van der Waals surface area contributed by atoms with E-state index in [4.69, 9.17) is 0 Å². The van der Waals surface area contributed by atoms with Gasteiger partial charge in [-0.25, -0.2) is 23.2 Å². The minimum atomic E-state index is -4.20. The first kappa shape index (κ1) is 21.0. The van der Waals surface area contributed by atoms with Gasteiger partial charge in [0.1, 0.15) is 18.3 Å². The van der Waals surface area contributed by atoms with Crippen LogP contribution < -0.4 is 10.6 Å². The lowest BCUT2D eigenvalue weighted by molar-refractivity contribution is -0.168. The molecule has 11 heteroatoms. The molecule has 0 saturated heterocycles. The first-order valence-electron chi connectivity index (χ1n) is 9.03. The minimum absolute atomic E-state index is 0.105.